The van der Waals surface area contributed by atoms with Gasteiger partial charge < -0.3 is 15.5 Å². The maximum Gasteiger partial charge on any atom is 0.243 e. The van der Waals surface area contributed by atoms with E-state index in [1.165, 1.54) is 0 Å². The van der Waals surface area contributed by atoms with Crippen molar-refractivity contribution in [1.29, 1.82) is 0 Å². The molecule has 2 rings (SSSR count). The number of hydrogen-bond acceptors (Lipinski definition) is 4. The minimum Gasteiger partial charge on any atom is -0.357 e. The molecule has 0 saturated carbocycles. The Morgan fingerprint density at radius 3 is 3.11 bits per heavy atom. The van der Waals surface area contributed by atoms with Crippen LogP contribution in [0.3, 0.4) is 0 Å². The van der Waals surface area contributed by atoms with Crippen LogP contribution in [0.25, 0.3) is 0 Å². The Hall–Kier alpha value is -1.14. The maximum absolute atomic E-state index is 11.9. The molecule has 0 aliphatic carbocycles. The summed E-state index contributed by atoms with van der Waals surface area (Å²) in [5.41, 5.74) is 1.07. The van der Waals surface area contributed by atoms with Crippen LogP contribution >= 0.6 is 15.9 Å². The highest BCUT2D eigenvalue weighted by Crippen LogP contribution is 2.23. The zero-order valence-corrected chi connectivity index (χ0v) is 12.1. The largest absolute Gasteiger partial charge is 0.357 e. The number of pyridine rings is 1. The van der Waals surface area contributed by atoms with Gasteiger partial charge in [-0.05, 0) is 34.5 Å². The highest BCUT2D eigenvalue weighted by atomic mass is 79.9. The van der Waals surface area contributed by atoms with Crippen LogP contribution in [0.2, 0.25) is 0 Å². The van der Waals surface area contributed by atoms with Gasteiger partial charge in [0.2, 0.25) is 5.91 Å². The zero-order chi connectivity index (χ0) is 13.1. The summed E-state index contributed by atoms with van der Waals surface area (Å²) >= 11 is 3.41. The van der Waals surface area contributed by atoms with Gasteiger partial charge in [-0.3, -0.25) is 4.79 Å². The van der Waals surface area contributed by atoms with Crippen LogP contribution < -0.4 is 15.5 Å². The summed E-state index contributed by atoms with van der Waals surface area (Å²) in [6.07, 6.45) is 1.77. The predicted octanol–water partition coefficient (Wildman–Crippen LogP) is 0.677. The summed E-state index contributed by atoms with van der Waals surface area (Å²) in [4.78, 5) is 18.4. The van der Waals surface area contributed by atoms with Crippen molar-refractivity contribution < 1.29 is 4.79 Å². The number of aryl methyl sites for hydroxylation is 1. The number of amides is 1. The minimum absolute atomic E-state index is 0.0197. The first-order valence-corrected chi connectivity index (χ1v) is 6.74. The normalized spacial score (nSPS) is 19.7. The van der Waals surface area contributed by atoms with Gasteiger partial charge in [0.25, 0.3) is 0 Å². The third-order valence-corrected chi connectivity index (χ3v) is 3.52. The highest BCUT2D eigenvalue weighted by Gasteiger charge is 2.29. The van der Waals surface area contributed by atoms with E-state index in [0.29, 0.717) is 6.54 Å². The number of carbonyl (C=O) groups excluding carboxylic acids is 1. The second-order valence-electron chi connectivity index (χ2n) is 4.32. The van der Waals surface area contributed by atoms with E-state index in [4.69, 9.17) is 0 Å². The average molecular weight is 313 g/mol. The van der Waals surface area contributed by atoms with E-state index in [-0.39, 0.29) is 11.9 Å². The summed E-state index contributed by atoms with van der Waals surface area (Å²) in [5.74, 6) is 0.902. The fourth-order valence-corrected chi connectivity index (χ4v) is 2.64. The predicted molar refractivity (Wildman–Crippen MR) is 74.7 cm³/mol. The SMILES string of the molecule is CNC(=O)C1CNCCN1c1ncc(Br)cc1C. The maximum atomic E-state index is 11.9. The summed E-state index contributed by atoms with van der Waals surface area (Å²) in [6, 6.07) is 1.82. The van der Waals surface area contributed by atoms with E-state index in [1.54, 1.807) is 13.2 Å². The van der Waals surface area contributed by atoms with Gasteiger partial charge in [-0.2, -0.15) is 0 Å². The van der Waals surface area contributed by atoms with E-state index < -0.39 is 0 Å². The van der Waals surface area contributed by atoms with Crippen LogP contribution in [0.15, 0.2) is 16.7 Å². The van der Waals surface area contributed by atoms with Gasteiger partial charge >= 0.3 is 0 Å². The van der Waals surface area contributed by atoms with Gasteiger partial charge in [-0.15, -0.1) is 0 Å². The fourth-order valence-electron chi connectivity index (χ4n) is 2.19. The number of nitrogens with one attached hydrogen (secondary N) is 2. The number of rotatable bonds is 2. The van der Waals surface area contributed by atoms with Crippen LogP contribution in [0.5, 0.6) is 0 Å². The van der Waals surface area contributed by atoms with Gasteiger partial charge in [0.15, 0.2) is 0 Å². The molecule has 5 nitrogen and oxygen atoms in total. The molecular formula is C12H17BrN4O. The Balaban J connectivity index is 2.30. The van der Waals surface area contributed by atoms with E-state index in [1.807, 2.05) is 13.0 Å². The third kappa shape index (κ3) is 2.64. The molecule has 1 atom stereocenters. The Bertz CT molecular complexity index is 452. The number of halogens is 1. The highest BCUT2D eigenvalue weighted by molar-refractivity contribution is 9.10. The Kier molecular flexibility index (Phi) is 4.19. The van der Waals surface area contributed by atoms with Gasteiger partial charge in [0.1, 0.15) is 11.9 Å². The molecule has 1 amide bonds. The summed E-state index contributed by atoms with van der Waals surface area (Å²) in [7, 11) is 1.66. The van der Waals surface area contributed by atoms with Crippen molar-refractivity contribution in [3.8, 4) is 0 Å². The Morgan fingerprint density at radius 1 is 1.67 bits per heavy atom. The van der Waals surface area contributed by atoms with E-state index in [9.17, 15) is 4.79 Å². The summed E-state index contributed by atoms with van der Waals surface area (Å²) < 4.78 is 0.954. The Labute approximate surface area is 115 Å². The average Bonchev–Trinajstić information content (AvgIpc) is 2.38. The van der Waals surface area contributed by atoms with Gasteiger partial charge in [0, 0.05) is 37.4 Å². The van der Waals surface area contributed by atoms with Gasteiger partial charge in [0.05, 0.1) is 0 Å². The summed E-state index contributed by atoms with van der Waals surface area (Å²) in [5, 5.41) is 5.95. The lowest BCUT2D eigenvalue weighted by molar-refractivity contribution is -0.122. The quantitative estimate of drug-likeness (QED) is 0.843. The molecule has 1 aliphatic rings. The second-order valence-corrected chi connectivity index (χ2v) is 5.24. The smallest absolute Gasteiger partial charge is 0.243 e. The first-order valence-electron chi connectivity index (χ1n) is 5.94. The van der Waals surface area contributed by atoms with E-state index in [2.05, 4.69) is 36.4 Å². The molecule has 6 heteroatoms. The number of aromatic nitrogens is 1. The molecule has 18 heavy (non-hydrogen) atoms. The molecule has 1 aromatic rings. The van der Waals surface area contributed by atoms with Crippen molar-refractivity contribution in [2.45, 2.75) is 13.0 Å². The van der Waals surface area contributed by atoms with Crippen molar-refractivity contribution >= 4 is 27.7 Å². The number of piperazine rings is 1. The number of carbonyl (C=O) groups is 1. The number of anilines is 1. The molecule has 0 radical (unpaired) electrons. The third-order valence-electron chi connectivity index (χ3n) is 3.08. The zero-order valence-electron chi connectivity index (χ0n) is 10.5. The number of nitrogens with zero attached hydrogens (tertiary/aromatic N) is 2. The van der Waals surface area contributed by atoms with Crippen molar-refractivity contribution in [3.05, 3.63) is 22.3 Å². The first kappa shape index (κ1) is 13.3. The van der Waals surface area contributed by atoms with Crippen LogP contribution in [0.4, 0.5) is 5.82 Å². The van der Waals surface area contributed by atoms with Gasteiger partial charge in [-0.1, -0.05) is 0 Å². The standard InChI is InChI=1S/C12H17BrN4O/c1-8-5-9(13)6-16-11(8)17-4-3-15-7-10(17)12(18)14-2/h5-6,10,15H,3-4,7H2,1-2H3,(H,14,18). The van der Waals surface area contributed by atoms with Crippen molar-refractivity contribution in [2.24, 2.45) is 0 Å². The van der Waals surface area contributed by atoms with E-state index in [0.717, 1.165) is 28.9 Å². The summed E-state index contributed by atoms with van der Waals surface area (Å²) in [6.45, 7) is 4.31. The number of likely N-dealkylation sites (N-methyl/N-ethyl adjacent to an activating group) is 1. The molecule has 1 fully saturated rings. The molecule has 98 valence electrons. The van der Waals surface area contributed by atoms with Crippen LogP contribution in [0.1, 0.15) is 5.56 Å². The molecule has 0 spiro atoms. The molecular weight excluding hydrogens is 296 g/mol. The Morgan fingerprint density at radius 2 is 2.44 bits per heavy atom. The molecule has 0 bridgehead atoms. The molecule has 1 saturated heterocycles. The number of hydrogen-bond donors (Lipinski definition) is 2. The lowest BCUT2D eigenvalue weighted by Crippen LogP contribution is -2.58. The van der Waals surface area contributed by atoms with Crippen molar-refractivity contribution in [3.63, 3.8) is 0 Å². The lowest BCUT2D eigenvalue weighted by Gasteiger charge is -2.36. The topological polar surface area (TPSA) is 57.3 Å². The van der Waals surface area contributed by atoms with E-state index >= 15 is 0 Å². The van der Waals surface area contributed by atoms with Gasteiger partial charge in [-0.25, -0.2) is 4.98 Å². The van der Waals surface area contributed by atoms with Crippen molar-refractivity contribution in [2.75, 3.05) is 31.6 Å². The van der Waals surface area contributed by atoms with Crippen LogP contribution in [-0.4, -0.2) is 43.6 Å². The van der Waals surface area contributed by atoms with Crippen LogP contribution in [-0.2, 0) is 4.79 Å². The molecule has 1 aliphatic heterocycles. The minimum atomic E-state index is -0.198. The first-order chi connectivity index (χ1) is 8.63. The molecule has 0 aromatic carbocycles. The fraction of sp³-hybridized carbons (Fsp3) is 0.500. The second kappa shape index (κ2) is 5.67. The van der Waals surface area contributed by atoms with Crippen LogP contribution in [0, 0.1) is 6.92 Å². The molecule has 2 heterocycles. The monoisotopic (exact) mass is 312 g/mol. The molecule has 1 aromatic heterocycles. The molecule has 1 unspecified atom stereocenters. The lowest BCUT2D eigenvalue weighted by atomic mass is 10.1. The molecule has 2 N–H and O–H groups in total. The van der Waals surface area contributed by atoms with Crippen molar-refractivity contribution in [1.82, 2.24) is 15.6 Å².